The minimum Gasteiger partial charge on any atom is -0.347 e. The highest BCUT2D eigenvalue weighted by Gasteiger charge is 2.40. The Bertz CT molecular complexity index is 460. The lowest BCUT2D eigenvalue weighted by Gasteiger charge is -2.34. The summed E-state index contributed by atoms with van der Waals surface area (Å²) in [5.41, 5.74) is 1.17. The normalized spacial score (nSPS) is 21.6. The second kappa shape index (κ2) is 6.47. The van der Waals surface area contributed by atoms with E-state index >= 15 is 0 Å². The minimum atomic E-state index is -4.07. The zero-order chi connectivity index (χ0) is 15.5. The molecule has 0 amide bonds. The van der Waals surface area contributed by atoms with Crippen molar-refractivity contribution in [2.75, 3.05) is 26.2 Å². The molecule has 21 heavy (non-hydrogen) atoms. The maximum Gasteiger partial charge on any atom is 0.391 e. The third kappa shape index (κ3) is 3.97. The molecule has 0 aliphatic carbocycles. The van der Waals surface area contributed by atoms with Gasteiger partial charge in [-0.1, -0.05) is 6.58 Å². The Kier molecular flexibility index (Phi) is 4.88. The van der Waals surface area contributed by atoms with E-state index in [9.17, 15) is 18.0 Å². The summed E-state index contributed by atoms with van der Waals surface area (Å²) in [4.78, 5) is 14.7. The Morgan fingerprint density at radius 3 is 2.52 bits per heavy atom. The molecule has 0 unspecified atom stereocenters. The zero-order valence-corrected chi connectivity index (χ0v) is 11.8. The van der Waals surface area contributed by atoms with Crippen LogP contribution in [0.2, 0.25) is 0 Å². The number of carbonyl (C=O) groups excluding carboxylic acids is 1. The number of carbonyl (C=O) groups is 1. The van der Waals surface area contributed by atoms with Crippen LogP contribution < -0.4 is 0 Å². The van der Waals surface area contributed by atoms with Crippen LogP contribution in [-0.4, -0.2) is 48.4 Å². The number of halogens is 3. The van der Waals surface area contributed by atoms with Gasteiger partial charge in [0.25, 0.3) is 0 Å². The molecule has 116 valence electrons. The van der Waals surface area contributed by atoms with Crippen molar-refractivity contribution in [3.63, 3.8) is 0 Å². The van der Waals surface area contributed by atoms with E-state index in [2.05, 4.69) is 6.58 Å². The molecule has 3 nitrogen and oxygen atoms in total. The van der Waals surface area contributed by atoms with Gasteiger partial charge in [0, 0.05) is 30.6 Å². The van der Waals surface area contributed by atoms with Crippen LogP contribution >= 0.6 is 0 Å². The van der Waals surface area contributed by atoms with Crippen LogP contribution in [0.25, 0.3) is 0 Å². The van der Waals surface area contributed by atoms with Crippen molar-refractivity contribution in [3.8, 4) is 0 Å². The van der Waals surface area contributed by atoms with E-state index in [-0.39, 0.29) is 12.8 Å². The topological polar surface area (TPSA) is 23.6 Å². The van der Waals surface area contributed by atoms with Gasteiger partial charge in [-0.2, -0.15) is 13.2 Å². The summed E-state index contributed by atoms with van der Waals surface area (Å²) in [6.07, 6.45) is 2.32. The Hall–Kier alpha value is -1.56. The first-order valence-electron chi connectivity index (χ1n) is 7.00. The molecule has 0 aromatic heterocycles. The average Bonchev–Trinajstić information content (AvgIpc) is 2.46. The molecular weight excluding hydrogens is 281 g/mol. The van der Waals surface area contributed by atoms with Gasteiger partial charge in [0.05, 0.1) is 5.92 Å². The van der Waals surface area contributed by atoms with E-state index in [0.717, 1.165) is 6.29 Å². The fourth-order valence-corrected chi connectivity index (χ4v) is 2.65. The Morgan fingerprint density at radius 2 is 1.95 bits per heavy atom. The lowest BCUT2D eigenvalue weighted by atomic mass is 9.96. The number of nitrogens with zero attached hydrogens (tertiary/aromatic N) is 2. The standard InChI is InChI=1S/C15H19F3N2O/c1-12-13(11-21)3-2-6-20(12)10-9-19-7-4-14(5-8-19)15(16,17)18/h2-3,6,11,14H,1,4-5,7-10H2. The molecule has 0 atom stereocenters. The third-order valence-electron chi connectivity index (χ3n) is 4.06. The van der Waals surface area contributed by atoms with Crippen molar-refractivity contribution >= 4 is 6.29 Å². The van der Waals surface area contributed by atoms with Crippen molar-refractivity contribution in [1.82, 2.24) is 9.80 Å². The first-order valence-corrected chi connectivity index (χ1v) is 7.00. The van der Waals surface area contributed by atoms with Gasteiger partial charge in [0.2, 0.25) is 0 Å². The first-order chi connectivity index (χ1) is 9.91. The van der Waals surface area contributed by atoms with E-state index in [4.69, 9.17) is 0 Å². The number of allylic oxidation sites excluding steroid dienone is 3. The number of piperidine rings is 1. The van der Waals surface area contributed by atoms with E-state index in [1.807, 2.05) is 16.0 Å². The smallest absolute Gasteiger partial charge is 0.347 e. The van der Waals surface area contributed by atoms with Crippen molar-refractivity contribution in [3.05, 3.63) is 36.2 Å². The quantitative estimate of drug-likeness (QED) is 0.746. The van der Waals surface area contributed by atoms with Crippen LogP contribution in [0, 0.1) is 5.92 Å². The number of rotatable bonds is 4. The SMILES string of the molecule is C=C1C(C=O)=CC=CN1CCN1CCC(C(F)(F)F)CC1. The lowest BCUT2D eigenvalue weighted by molar-refractivity contribution is -0.185. The summed E-state index contributed by atoms with van der Waals surface area (Å²) in [6, 6.07) is 0. The van der Waals surface area contributed by atoms with E-state index < -0.39 is 12.1 Å². The highest BCUT2D eigenvalue weighted by molar-refractivity contribution is 5.80. The van der Waals surface area contributed by atoms with Crippen LogP contribution in [-0.2, 0) is 4.79 Å². The molecule has 1 saturated heterocycles. The van der Waals surface area contributed by atoms with E-state index in [1.54, 1.807) is 12.2 Å². The summed E-state index contributed by atoms with van der Waals surface area (Å²) in [5, 5.41) is 0. The maximum absolute atomic E-state index is 12.6. The molecule has 2 aliphatic heterocycles. The highest BCUT2D eigenvalue weighted by atomic mass is 19.4. The number of likely N-dealkylation sites (tertiary alicyclic amines) is 1. The van der Waals surface area contributed by atoms with Crippen LogP contribution in [0.4, 0.5) is 13.2 Å². The summed E-state index contributed by atoms with van der Waals surface area (Å²) < 4.78 is 37.8. The second-order valence-corrected chi connectivity index (χ2v) is 5.38. The molecule has 1 fully saturated rings. The van der Waals surface area contributed by atoms with Gasteiger partial charge in [-0.25, -0.2) is 0 Å². The number of alkyl halides is 3. The second-order valence-electron chi connectivity index (χ2n) is 5.38. The molecule has 2 aliphatic rings. The predicted molar refractivity (Wildman–Crippen MR) is 74.4 cm³/mol. The molecule has 2 heterocycles. The number of aldehydes is 1. The lowest BCUT2D eigenvalue weighted by Crippen LogP contribution is -2.41. The molecule has 0 N–H and O–H groups in total. The van der Waals surface area contributed by atoms with Gasteiger partial charge >= 0.3 is 6.18 Å². The van der Waals surface area contributed by atoms with Gasteiger partial charge in [-0.15, -0.1) is 0 Å². The van der Waals surface area contributed by atoms with Gasteiger partial charge < -0.3 is 9.80 Å². The minimum absolute atomic E-state index is 0.166. The van der Waals surface area contributed by atoms with Gasteiger partial charge in [-0.3, -0.25) is 4.79 Å². The summed E-state index contributed by atoms with van der Waals surface area (Å²) >= 11 is 0. The summed E-state index contributed by atoms with van der Waals surface area (Å²) in [6.45, 7) is 6.08. The summed E-state index contributed by atoms with van der Waals surface area (Å²) in [5.74, 6) is -1.16. The first kappa shape index (κ1) is 15.8. The van der Waals surface area contributed by atoms with Gasteiger partial charge in [-0.05, 0) is 38.1 Å². The molecule has 6 heteroatoms. The highest BCUT2D eigenvalue weighted by Crippen LogP contribution is 2.34. The van der Waals surface area contributed by atoms with E-state index in [0.29, 0.717) is 37.4 Å². The molecule has 0 spiro atoms. The average molecular weight is 300 g/mol. The van der Waals surface area contributed by atoms with Gasteiger partial charge in [0.1, 0.15) is 0 Å². The van der Waals surface area contributed by atoms with Crippen LogP contribution in [0.1, 0.15) is 12.8 Å². The Morgan fingerprint density at radius 1 is 1.29 bits per heavy atom. The zero-order valence-electron chi connectivity index (χ0n) is 11.8. The molecule has 0 aromatic rings. The van der Waals surface area contributed by atoms with E-state index in [1.165, 1.54) is 0 Å². The number of hydrogen-bond acceptors (Lipinski definition) is 3. The Balaban J connectivity index is 1.78. The van der Waals surface area contributed by atoms with Crippen molar-refractivity contribution < 1.29 is 18.0 Å². The fraction of sp³-hybridized carbons (Fsp3) is 0.533. The molecule has 0 saturated carbocycles. The molecular formula is C15H19F3N2O. The maximum atomic E-state index is 12.6. The van der Waals surface area contributed by atoms with Crippen molar-refractivity contribution in [1.29, 1.82) is 0 Å². The van der Waals surface area contributed by atoms with Crippen LogP contribution in [0.5, 0.6) is 0 Å². The largest absolute Gasteiger partial charge is 0.391 e. The van der Waals surface area contributed by atoms with Crippen LogP contribution in [0.3, 0.4) is 0 Å². The fourth-order valence-electron chi connectivity index (χ4n) is 2.65. The predicted octanol–water partition coefficient (Wildman–Crippen LogP) is 2.73. The van der Waals surface area contributed by atoms with Crippen LogP contribution in [0.15, 0.2) is 36.2 Å². The summed E-state index contributed by atoms with van der Waals surface area (Å²) in [7, 11) is 0. The molecule has 0 bridgehead atoms. The van der Waals surface area contributed by atoms with Crippen molar-refractivity contribution in [2.24, 2.45) is 5.92 Å². The third-order valence-corrected chi connectivity index (χ3v) is 4.06. The van der Waals surface area contributed by atoms with Gasteiger partial charge in [0.15, 0.2) is 6.29 Å². The Labute approximate surface area is 122 Å². The number of hydrogen-bond donors (Lipinski definition) is 0. The monoisotopic (exact) mass is 300 g/mol. The molecule has 0 radical (unpaired) electrons. The van der Waals surface area contributed by atoms with Crippen molar-refractivity contribution in [2.45, 2.75) is 19.0 Å². The molecule has 2 rings (SSSR count). The molecule has 0 aromatic carbocycles.